The largest absolute Gasteiger partial charge is 0.394 e. The van der Waals surface area contributed by atoms with Gasteiger partial charge >= 0.3 is 0 Å². The molecule has 1 saturated carbocycles. The minimum atomic E-state index is -0.312. The maximum Gasteiger partial charge on any atom is 0.0622 e. The lowest BCUT2D eigenvalue weighted by Crippen LogP contribution is -2.49. The monoisotopic (exact) mass is 217 g/mol. The molecule has 0 spiro atoms. The van der Waals surface area contributed by atoms with E-state index >= 15 is 0 Å². The first kappa shape index (κ1) is 12.3. The van der Waals surface area contributed by atoms with E-state index in [1.807, 2.05) is 11.8 Å². The molecular formula is C11H23NOS. The van der Waals surface area contributed by atoms with Gasteiger partial charge in [-0.2, -0.15) is 11.8 Å². The Morgan fingerprint density at radius 3 is 2.36 bits per heavy atom. The van der Waals surface area contributed by atoms with Crippen molar-refractivity contribution in [2.24, 2.45) is 17.6 Å². The molecule has 0 amide bonds. The van der Waals surface area contributed by atoms with Crippen LogP contribution in [0.4, 0.5) is 0 Å². The minimum absolute atomic E-state index is 0.134. The Morgan fingerprint density at radius 1 is 1.43 bits per heavy atom. The van der Waals surface area contributed by atoms with Gasteiger partial charge in [0, 0.05) is 11.0 Å². The van der Waals surface area contributed by atoms with Gasteiger partial charge < -0.3 is 10.8 Å². The second-order valence-electron chi connectivity index (χ2n) is 4.93. The van der Waals surface area contributed by atoms with Gasteiger partial charge in [0.25, 0.3) is 0 Å². The van der Waals surface area contributed by atoms with Crippen LogP contribution >= 0.6 is 11.8 Å². The Balaban J connectivity index is 2.33. The number of rotatable bonds is 6. The lowest BCUT2D eigenvalue weighted by molar-refractivity contribution is 0.194. The third-order valence-electron chi connectivity index (χ3n) is 3.24. The molecule has 3 heteroatoms. The molecule has 1 rings (SSSR count). The molecule has 1 aliphatic rings. The third-order valence-corrected chi connectivity index (χ3v) is 5.01. The van der Waals surface area contributed by atoms with Crippen LogP contribution in [0.5, 0.6) is 0 Å². The van der Waals surface area contributed by atoms with Gasteiger partial charge in [0.2, 0.25) is 0 Å². The maximum absolute atomic E-state index is 9.31. The van der Waals surface area contributed by atoms with E-state index in [0.717, 1.165) is 5.75 Å². The van der Waals surface area contributed by atoms with Gasteiger partial charge in [-0.25, -0.2) is 0 Å². The Kier molecular flexibility index (Phi) is 4.29. The topological polar surface area (TPSA) is 46.2 Å². The van der Waals surface area contributed by atoms with Crippen molar-refractivity contribution in [2.75, 3.05) is 12.4 Å². The fourth-order valence-electron chi connectivity index (χ4n) is 1.43. The molecule has 3 N–H and O–H groups in total. The average Bonchev–Trinajstić information content (AvgIpc) is 2.96. The number of aliphatic hydroxyl groups excluding tert-OH is 1. The normalized spacial score (nSPS) is 23.6. The van der Waals surface area contributed by atoms with E-state index in [1.165, 1.54) is 12.8 Å². The van der Waals surface area contributed by atoms with Gasteiger partial charge in [-0.1, -0.05) is 20.8 Å². The van der Waals surface area contributed by atoms with E-state index in [-0.39, 0.29) is 12.1 Å². The summed E-state index contributed by atoms with van der Waals surface area (Å²) in [6, 6.07) is 0. The summed E-state index contributed by atoms with van der Waals surface area (Å²) >= 11 is 1.90. The average molecular weight is 217 g/mol. The Hall–Kier alpha value is 0.270. The first-order chi connectivity index (χ1) is 6.49. The van der Waals surface area contributed by atoms with Crippen LogP contribution in [-0.2, 0) is 0 Å². The summed E-state index contributed by atoms with van der Waals surface area (Å²) < 4.78 is 0. The van der Waals surface area contributed by atoms with Crippen molar-refractivity contribution < 1.29 is 5.11 Å². The molecule has 1 aliphatic carbocycles. The van der Waals surface area contributed by atoms with Gasteiger partial charge in [0.15, 0.2) is 0 Å². The minimum Gasteiger partial charge on any atom is -0.394 e. The summed E-state index contributed by atoms with van der Waals surface area (Å²) in [5, 5.41) is 9.94. The van der Waals surface area contributed by atoms with E-state index < -0.39 is 0 Å². The van der Waals surface area contributed by atoms with Crippen molar-refractivity contribution in [3.05, 3.63) is 0 Å². The molecule has 14 heavy (non-hydrogen) atoms. The maximum atomic E-state index is 9.31. The Labute approximate surface area is 91.6 Å². The molecule has 2 unspecified atom stereocenters. The van der Waals surface area contributed by atoms with Gasteiger partial charge in [-0.05, 0) is 24.7 Å². The summed E-state index contributed by atoms with van der Waals surface area (Å²) in [6.45, 7) is 6.83. The quantitative estimate of drug-likeness (QED) is 0.714. The van der Waals surface area contributed by atoms with Crippen molar-refractivity contribution in [3.63, 3.8) is 0 Å². The summed E-state index contributed by atoms with van der Waals surface area (Å²) in [5.74, 6) is 2.15. The van der Waals surface area contributed by atoms with Gasteiger partial charge in [0.1, 0.15) is 0 Å². The van der Waals surface area contributed by atoms with Gasteiger partial charge in [0.05, 0.1) is 12.1 Å². The van der Waals surface area contributed by atoms with Crippen molar-refractivity contribution in [1.29, 1.82) is 0 Å². The van der Waals surface area contributed by atoms with Gasteiger partial charge in [-0.3, -0.25) is 0 Å². The summed E-state index contributed by atoms with van der Waals surface area (Å²) in [5.41, 5.74) is 5.87. The smallest absolute Gasteiger partial charge is 0.0622 e. The molecule has 0 radical (unpaired) electrons. The van der Waals surface area contributed by atoms with Gasteiger partial charge in [-0.15, -0.1) is 0 Å². The first-order valence-electron chi connectivity index (χ1n) is 5.51. The third kappa shape index (κ3) is 3.14. The van der Waals surface area contributed by atoms with Crippen LogP contribution in [0.15, 0.2) is 0 Å². The standard InChI is InChI=1S/C11H23NOS/c1-8(2)9(3)14-7-11(12,6-13)10-4-5-10/h8-10,13H,4-7,12H2,1-3H3. The molecule has 2 nitrogen and oxygen atoms in total. The van der Waals surface area contributed by atoms with Crippen LogP contribution < -0.4 is 5.73 Å². The fourth-order valence-corrected chi connectivity index (χ4v) is 2.71. The summed E-state index contributed by atoms with van der Waals surface area (Å²) in [4.78, 5) is 0. The van der Waals surface area contributed by atoms with Crippen molar-refractivity contribution in [3.8, 4) is 0 Å². The van der Waals surface area contributed by atoms with E-state index in [2.05, 4.69) is 20.8 Å². The molecule has 84 valence electrons. The zero-order chi connectivity index (χ0) is 10.8. The lowest BCUT2D eigenvalue weighted by atomic mass is 9.99. The molecule has 0 aromatic carbocycles. The molecule has 2 atom stereocenters. The molecule has 0 aromatic rings. The molecular weight excluding hydrogens is 194 g/mol. The van der Waals surface area contributed by atoms with Crippen LogP contribution in [-0.4, -0.2) is 28.3 Å². The molecule has 0 saturated heterocycles. The van der Waals surface area contributed by atoms with Crippen LogP contribution in [0.1, 0.15) is 33.6 Å². The highest BCUT2D eigenvalue weighted by molar-refractivity contribution is 7.99. The first-order valence-corrected chi connectivity index (χ1v) is 6.56. The molecule has 0 bridgehead atoms. The zero-order valence-corrected chi connectivity index (χ0v) is 10.3. The van der Waals surface area contributed by atoms with E-state index in [0.29, 0.717) is 17.1 Å². The van der Waals surface area contributed by atoms with E-state index in [1.54, 1.807) is 0 Å². The Morgan fingerprint density at radius 2 is 2.00 bits per heavy atom. The van der Waals surface area contributed by atoms with Crippen molar-refractivity contribution in [1.82, 2.24) is 0 Å². The molecule has 0 aromatic heterocycles. The fraction of sp³-hybridized carbons (Fsp3) is 1.00. The van der Waals surface area contributed by atoms with E-state index in [9.17, 15) is 5.11 Å². The molecule has 1 fully saturated rings. The number of hydrogen-bond donors (Lipinski definition) is 2. The van der Waals surface area contributed by atoms with Crippen molar-refractivity contribution in [2.45, 2.75) is 44.4 Å². The highest BCUT2D eigenvalue weighted by Crippen LogP contribution is 2.40. The number of hydrogen-bond acceptors (Lipinski definition) is 3. The van der Waals surface area contributed by atoms with Crippen LogP contribution in [0.25, 0.3) is 0 Å². The second kappa shape index (κ2) is 4.86. The highest BCUT2D eigenvalue weighted by Gasteiger charge is 2.41. The molecule has 0 heterocycles. The van der Waals surface area contributed by atoms with Crippen LogP contribution in [0.3, 0.4) is 0 Å². The van der Waals surface area contributed by atoms with Crippen molar-refractivity contribution >= 4 is 11.8 Å². The SMILES string of the molecule is CC(C)C(C)SCC(N)(CO)C1CC1. The second-order valence-corrected chi connectivity index (χ2v) is 6.29. The van der Waals surface area contributed by atoms with Crippen LogP contribution in [0.2, 0.25) is 0 Å². The highest BCUT2D eigenvalue weighted by atomic mass is 32.2. The molecule has 0 aliphatic heterocycles. The lowest BCUT2D eigenvalue weighted by Gasteiger charge is -2.29. The Bertz CT molecular complexity index is 182. The predicted octanol–water partition coefficient (Wildman–Crippen LogP) is 1.86. The zero-order valence-electron chi connectivity index (χ0n) is 9.49. The van der Waals surface area contributed by atoms with Crippen LogP contribution in [0, 0.1) is 11.8 Å². The summed E-state index contributed by atoms with van der Waals surface area (Å²) in [6.07, 6.45) is 2.40. The van der Waals surface area contributed by atoms with E-state index in [4.69, 9.17) is 5.73 Å². The number of aliphatic hydroxyl groups is 1. The number of thioether (sulfide) groups is 1. The number of nitrogens with two attached hydrogens (primary N) is 1. The predicted molar refractivity (Wildman–Crippen MR) is 63.5 cm³/mol. The summed E-state index contributed by atoms with van der Waals surface area (Å²) in [7, 11) is 0.